The molecule has 0 spiro atoms. The number of anilines is 1. The number of nitrogens with one attached hydrogen (secondary N) is 1. The molecule has 1 aliphatic carbocycles. The van der Waals surface area contributed by atoms with Crippen LogP contribution in [-0.4, -0.2) is 43.4 Å². The molecule has 1 fully saturated rings. The first-order valence-electron chi connectivity index (χ1n) is 9.64. The minimum atomic E-state index is -0.654. The molecule has 4 rings (SSSR count). The predicted octanol–water partition coefficient (Wildman–Crippen LogP) is 2.11. The number of rotatable bonds is 6. The fraction of sp³-hybridized carbons (Fsp3) is 0.333. The standard InChI is InChI=1S/C21H24N6O2/c1-12(28)8-24-21(29)16-7-18(14-5-6-17(23-9-14)13-3-4-13)26-20(19(16)22)15-10-25-27(2)11-15/h5-7,9-13,28H,3-4,8,22H2,1-2H3,(H,24,29)/t12-/m0/s1. The third-order valence-electron chi connectivity index (χ3n) is 4.92. The van der Waals surface area contributed by atoms with Crippen LogP contribution < -0.4 is 11.1 Å². The second kappa shape index (κ2) is 7.63. The van der Waals surface area contributed by atoms with Gasteiger partial charge in [-0.25, -0.2) is 4.98 Å². The van der Waals surface area contributed by atoms with Crippen molar-refractivity contribution in [2.75, 3.05) is 12.3 Å². The molecule has 8 nitrogen and oxygen atoms in total. The van der Waals surface area contributed by atoms with Crippen molar-refractivity contribution < 1.29 is 9.90 Å². The molecule has 4 N–H and O–H groups in total. The lowest BCUT2D eigenvalue weighted by molar-refractivity contribution is 0.0925. The van der Waals surface area contributed by atoms with Crippen LogP contribution >= 0.6 is 0 Å². The number of hydrogen-bond acceptors (Lipinski definition) is 6. The number of nitrogens with zero attached hydrogens (tertiary/aromatic N) is 4. The molecular weight excluding hydrogens is 368 g/mol. The van der Waals surface area contributed by atoms with Gasteiger partial charge in [-0.1, -0.05) is 0 Å². The molecule has 1 saturated carbocycles. The van der Waals surface area contributed by atoms with E-state index in [2.05, 4.69) is 15.4 Å². The lowest BCUT2D eigenvalue weighted by atomic mass is 10.0. The van der Waals surface area contributed by atoms with Crippen LogP contribution in [0.3, 0.4) is 0 Å². The van der Waals surface area contributed by atoms with E-state index >= 15 is 0 Å². The van der Waals surface area contributed by atoms with E-state index in [-0.39, 0.29) is 18.1 Å². The third kappa shape index (κ3) is 4.12. The Balaban J connectivity index is 1.77. The molecule has 0 radical (unpaired) electrons. The molecule has 1 aliphatic rings. The second-order valence-electron chi connectivity index (χ2n) is 7.53. The number of aromatic nitrogens is 4. The first-order chi connectivity index (χ1) is 13.9. The Morgan fingerprint density at radius 3 is 2.72 bits per heavy atom. The summed E-state index contributed by atoms with van der Waals surface area (Å²) >= 11 is 0. The van der Waals surface area contributed by atoms with Crippen LogP contribution in [0.4, 0.5) is 5.69 Å². The van der Waals surface area contributed by atoms with Crippen molar-refractivity contribution in [3.8, 4) is 22.5 Å². The minimum Gasteiger partial charge on any atom is -0.396 e. The normalized spacial score (nSPS) is 14.6. The molecule has 0 aliphatic heterocycles. The van der Waals surface area contributed by atoms with Gasteiger partial charge in [0.2, 0.25) is 0 Å². The number of hydrogen-bond donors (Lipinski definition) is 3. The van der Waals surface area contributed by atoms with Gasteiger partial charge in [-0.15, -0.1) is 0 Å². The van der Waals surface area contributed by atoms with E-state index in [0.717, 1.165) is 16.8 Å². The molecule has 8 heteroatoms. The van der Waals surface area contributed by atoms with Crippen molar-refractivity contribution in [1.82, 2.24) is 25.1 Å². The molecule has 1 atom stereocenters. The summed E-state index contributed by atoms with van der Waals surface area (Å²) < 4.78 is 1.66. The monoisotopic (exact) mass is 392 g/mol. The van der Waals surface area contributed by atoms with Crippen LogP contribution in [0.5, 0.6) is 0 Å². The summed E-state index contributed by atoms with van der Waals surface area (Å²) in [5, 5.41) is 16.4. The fourth-order valence-corrected chi connectivity index (χ4v) is 3.17. The van der Waals surface area contributed by atoms with E-state index in [1.807, 2.05) is 12.1 Å². The Labute approximate surface area is 168 Å². The maximum Gasteiger partial charge on any atom is 0.253 e. The van der Waals surface area contributed by atoms with E-state index in [4.69, 9.17) is 10.7 Å². The summed E-state index contributed by atoms with van der Waals surface area (Å²) in [6.45, 7) is 1.74. The molecule has 29 heavy (non-hydrogen) atoms. The summed E-state index contributed by atoms with van der Waals surface area (Å²) in [5.41, 5.74) is 10.6. The number of amides is 1. The highest BCUT2D eigenvalue weighted by Crippen LogP contribution is 2.39. The zero-order valence-corrected chi connectivity index (χ0v) is 16.5. The Morgan fingerprint density at radius 1 is 1.34 bits per heavy atom. The van der Waals surface area contributed by atoms with Crippen LogP contribution in [0.1, 0.15) is 41.7 Å². The van der Waals surface area contributed by atoms with Gasteiger partial charge in [-0.3, -0.25) is 14.5 Å². The SMILES string of the molecule is C[C@H](O)CNC(=O)c1cc(-c2ccc(C3CC3)nc2)nc(-c2cnn(C)c2)c1N. The minimum absolute atomic E-state index is 0.135. The zero-order valence-electron chi connectivity index (χ0n) is 16.5. The van der Waals surface area contributed by atoms with Gasteiger partial charge in [0, 0.05) is 48.7 Å². The maximum atomic E-state index is 12.7. The molecular formula is C21H24N6O2. The topological polar surface area (TPSA) is 119 Å². The van der Waals surface area contributed by atoms with Gasteiger partial charge in [0.15, 0.2) is 0 Å². The number of aryl methyl sites for hydroxylation is 1. The molecule has 3 aromatic rings. The number of aliphatic hydroxyl groups is 1. The number of pyridine rings is 2. The van der Waals surface area contributed by atoms with Gasteiger partial charge in [-0.05, 0) is 38.0 Å². The zero-order chi connectivity index (χ0) is 20.5. The Hall–Kier alpha value is -3.26. The first kappa shape index (κ1) is 19.1. The van der Waals surface area contributed by atoms with Crippen molar-refractivity contribution in [3.63, 3.8) is 0 Å². The first-order valence-corrected chi connectivity index (χ1v) is 9.64. The van der Waals surface area contributed by atoms with Crippen LogP contribution in [0.25, 0.3) is 22.5 Å². The predicted molar refractivity (Wildman–Crippen MR) is 110 cm³/mol. The van der Waals surface area contributed by atoms with Gasteiger partial charge < -0.3 is 16.2 Å². The van der Waals surface area contributed by atoms with Crippen molar-refractivity contribution in [1.29, 1.82) is 0 Å². The van der Waals surface area contributed by atoms with Crippen molar-refractivity contribution in [3.05, 3.63) is 48.0 Å². The van der Waals surface area contributed by atoms with Crippen molar-refractivity contribution in [2.45, 2.75) is 31.8 Å². The van der Waals surface area contributed by atoms with Crippen LogP contribution in [0.15, 0.2) is 36.8 Å². The Bertz CT molecular complexity index is 1040. The van der Waals surface area contributed by atoms with E-state index in [9.17, 15) is 9.90 Å². The van der Waals surface area contributed by atoms with Gasteiger partial charge >= 0.3 is 0 Å². The van der Waals surface area contributed by atoms with Gasteiger partial charge in [-0.2, -0.15) is 5.10 Å². The average molecular weight is 392 g/mol. The number of nitrogen functional groups attached to an aromatic ring is 1. The summed E-state index contributed by atoms with van der Waals surface area (Å²) in [7, 11) is 1.81. The third-order valence-corrected chi connectivity index (χ3v) is 4.92. The Kier molecular flexibility index (Phi) is 5.02. The summed E-state index contributed by atoms with van der Waals surface area (Å²) in [6.07, 6.45) is 6.97. The van der Waals surface area contributed by atoms with Crippen LogP contribution in [-0.2, 0) is 7.05 Å². The highest BCUT2D eigenvalue weighted by molar-refractivity contribution is 6.03. The lowest BCUT2D eigenvalue weighted by Gasteiger charge is -2.14. The summed E-state index contributed by atoms with van der Waals surface area (Å²) in [4.78, 5) is 22.0. The molecule has 0 unspecified atom stereocenters. The maximum absolute atomic E-state index is 12.7. The molecule has 3 heterocycles. The molecule has 1 amide bonds. The van der Waals surface area contributed by atoms with Gasteiger partial charge in [0.1, 0.15) is 0 Å². The fourth-order valence-electron chi connectivity index (χ4n) is 3.17. The Morgan fingerprint density at radius 2 is 2.14 bits per heavy atom. The molecule has 0 aromatic carbocycles. The number of aliphatic hydroxyl groups excluding tert-OH is 1. The van der Waals surface area contributed by atoms with E-state index in [0.29, 0.717) is 22.9 Å². The number of carbonyl (C=O) groups excluding carboxylic acids is 1. The average Bonchev–Trinajstić information content (AvgIpc) is 3.47. The van der Waals surface area contributed by atoms with Crippen LogP contribution in [0.2, 0.25) is 0 Å². The number of carbonyl (C=O) groups is 1. The second-order valence-corrected chi connectivity index (χ2v) is 7.53. The van der Waals surface area contributed by atoms with E-state index in [1.165, 1.54) is 12.8 Å². The summed E-state index contributed by atoms with van der Waals surface area (Å²) in [5.74, 6) is 0.205. The van der Waals surface area contributed by atoms with Gasteiger partial charge in [0.05, 0.1) is 34.9 Å². The molecule has 3 aromatic heterocycles. The smallest absolute Gasteiger partial charge is 0.253 e. The number of nitrogens with two attached hydrogens (primary N) is 1. The van der Waals surface area contributed by atoms with Gasteiger partial charge in [0.25, 0.3) is 5.91 Å². The molecule has 0 bridgehead atoms. The largest absolute Gasteiger partial charge is 0.396 e. The van der Waals surface area contributed by atoms with E-state index < -0.39 is 6.10 Å². The molecule has 0 saturated heterocycles. The molecule has 150 valence electrons. The quantitative estimate of drug-likeness (QED) is 0.591. The van der Waals surface area contributed by atoms with Crippen molar-refractivity contribution >= 4 is 11.6 Å². The van der Waals surface area contributed by atoms with E-state index in [1.54, 1.807) is 43.3 Å². The lowest BCUT2D eigenvalue weighted by Crippen LogP contribution is -2.31. The highest BCUT2D eigenvalue weighted by Gasteiger charge is 2.25. The van der Waals surface area contributed by atoms with Crippen LogP contribution in [0, 0.1) is 0 Å². The highest BCUT2D eigenvalue weighted by atomic mass is 16.3. The van der Waals surface area contributed by atoms with Crippen molar-refractivity contribution in [2.24, 2.45) is 7.05 Å². The summed E-state index contributed by atoms with van der Waals surface area (Å²) in [6, 6.07) is 5.66.